The molecule has 0 amide bonds. The number of hydrogen-bond donors (Lipinski definition) is 4. The number of carbonyl (C=O) groups is 1. The molecule has 3 heterocycles. The maximum Gasteiger partial charge on any atom is 0.352 e. The van der Waals surface area contributed by atoms with Crippen LogP contribution in [-0.4, -0.2) is 26.0 Å². The monoisotopic (exact) mass is 471 g/mol. The molecule has 0 radical (unpaired) electrons. The van der Waals surface area contributed by atoms with Crippen molar-refractivity contribution in [3.05, 3.63) is 71.4 Å². The van der Waals surface area contributed by atoms with Crippen molar-refractivity contribution < 1.29 is 14.3 Å². The van der Waals surface area contributed by atoms with Gasteiger partial charge in [-0.3, -0.25) is 0 Å². The highest BCUT2D eigenvalue weighted by Gasteiger charge is 2.28. The summed E-state index contributed by atoms with van der Waals surface area (Å²) in [5, 5.41) is 12.2. The topological polar surface area (TPSA) is 84.7 Å². The van der Waals surface area contributed by atoms with E-state index in [0.29, 0.717) is 28.3 Å². The van der Waals surface area contributed by atoms with Gasteiger partial charge in [0, 0.05) is 45.3 Å². The van der Waals surface area contributed by atoms with Gasteiger partial charge in [-0.25, -0.2) is 9.18 Å². The lowest BCUT2D eigenvalue weighted by Gasteiger charge is -2.14. The SMILES string of the molecule is CC(C)CCc1c[nH]c2cccc(-c3c(C(=O)O)[nH]c(-c4cc(F)cc5[nH]ccc45)c3C(C)C)c12. The standard InChI is InChI=1S/C29H30FN3O2/c1-15(2)8-9-17-14-32-22-7-5-6-20(25(17)22)26-24(16(3)4)27(33-28(26)29(34)35)21-12-18(30)13-23-19(21)10-11-31-23/h5-7,10-16,31-33H,8-9H2,1-4H3,(H,34,35). The van der Waals surface area contributed by atoms with E-state index in [-0.39, 0.29) is 17.4 Å². The summed E-state index contributed by atoms with van der Waals surface area (Å²) in [7, 11) is 0. The van der Waals surface area contributed by atoms with Gasteiger partial charge in [0.15, 0.2) is 0 Å². The molecule has 0 atom stereocenters. The maximum atomic E-state index is 14.6. The number of aryl methyl sites for hydroxylation is 1. The molecule has 5 aromatic rings. The predicted molar refractivity (Wildman–Crippen MR) is 140 cm³/mol. The predicted octanol–water partition coefficient (Wildman–Crippen LogP) is 7.86. The van der Waals surface area contributed by atoms with Crippen LogP contribution in [0.3, 0.4) is 0 Å². The van der Waals surface area contributed by atoms with Gasteiger partial charge in [-0.05, 0) is 65.6 Å². The Hall–Kier alpha value is -3.80. The lowest BCUT2D eigenvalue weighted by Crippen LogP contribution is -2.01. The molecule has 3 aromatic heterocycles. The zero-order chi connectivity index (χ0) is 24.9. The second kappa shape index (κ2) is 8.77. The fraction of sp³-hybridized carbons (Fsp3) is 0.276. The van der Waals surface area contributed by atoms with Crippen LogP contribution in [0.15, 0.2) is 48.8 Å². The Kier molecular flexibility index (Phi) is 5.75. The van der Waals surface area contributed by atoms with Crippen LogP contribution in [0.5, 0.6) is 0 Å². The highest BCUT2D eigenvalue weighted by Crippen LogP contribution is 2.44. The number of nitrogens with one attached hydrogen (secondary N) is 3. The van der Waals surface area contributed by atoms with Gasteiger partial charge in [0.1, 0.15) is 11.5 Å². The number of benzene rings is 2. The molecule has 6 heteroatoms. The van der Waals surface area contributed by atoms with Crippen molar-refractivity contribution in [2.24, 2.45) is 5.92 Å². The van der Waals surface area contributed by atoms with E-state index < -0.39 is 5.97 Å². The van der Waals surface area contributed by atoms with Gasteiger partial charge in [0.05, 0.1) is 5.69 Å². The van der Waals surface area contributed by atoms with Gasteiger partial charge < -0.3 is 20.1 Å². The first-order chi connectivity index (χ1) is 16.8. The van der Waals surface area contributed by atoms with Crippen molar-refractivity contribution in [2.45, 2.75) is 46.5 Å². The van der Waals surface area contributed by atoms with E-state index in [1.807, 2.05) is 44.3 Å². The first-order valence-corrected chi connectivity index (χ1v) is 12.1. The first-order valence-electron chi connectivity index (χ1n) is 12.1. The molecule has 5 rings (SSSR count). The summed E-state index contributed by atoms with van der Waals surface area (Å²) in [6.45, 7) is 8.50. The Morgan fingerprint density at radius 1 is 1.03 bits per heavy atom. The van der Waals surface area contributed by atoms with E-state index in [0.717, 1.165) is 40.3 Å². The normalized spacial score (nSPS) is 12.0. The molecule has 4 N–H and O–H groups in total. The molecule has 180 valence electrons. The second-order valence-corrected chi connectivity index (χ2v) is 9.99. The smallest absolute Gasteiger partial charge is 0.352 e. The van der Waals surface area contributed by atoms with Gasteiger partial charge in [0.2, 0.25) is 0 Å². The number of rotatable bonds is 7. The summed E-state index contributed by atoms with van der Waals surface area (Å²) in [4.78, 5) is 22.2. The summed E-state index contributed by atoms with van der Waals surface area (Å²) in [5.74, 6) is -0.856. The number of carboxylic acid groups (broad SMARTS) is 1. The fourth-order valence-electron chi connectivity index (χ4n) is 5.19. The summed E-state index contributed by atoms with van der Waals surface area (Å²) in [5.41, 5.74) is 6.68. The van der Waals surface area contributed by atoms with Crippen LogP contribution in [0.4, 0.5) is 4.39 Å². The molecule has 0 saturated heterocycles. The Morgan fingerprint density at radius 2 is 1.83 bits per heavy atom. The number of hydrogen-bond acceptors (Lipinski definition) is 1. The first kappa shape index (κ1) is 23.0. The molecular formula is C29H30FN3O2. The zero-order valence-corrected chi connectivity index (χ0v) is 20.4. The third kappa shape index (κ3) is 3.93. The largest absolute Gasteiger partial charge is 0.477 e. The quantitative estimate of drug-likeness (QED) is 0.195. The van der Waals surface area contributed by atoms with Crippen LogP contribution in [-0.2, 0) is 6.42 Å². The summed E-state index contributed by atoms with van der Waals surface area (Å²) in [6, 6.07) is 10.8. The average Bonchev–Trinajstić information content (AvgIpc) is 3.53. The molecule has 0 aliphatic carbocycles. The average molecular weight is 472 g/mol. The van der Waals surface area contributed by atoms with E-state index >= 15 is 0 Å². The van der Waals surface area contributed by atoms with Crippen LogP contribution in [0, 0.1) is 11.7 Å². The van der Waals surface area contributed by atoms with Gasteiger partial charge >= 0.3 is 5.97 Å². The van der Waals surface area contributed by atoms with Crippen molar-refractivity contribution in [3.8, 4) is 22.4 Å². The number of aromatic nitrogens is 3. The van der Waals surface area contributed by atoms with Crippen LogP contribution < -0.4 is 0 Å². The number of fused-ring (bicyclic) bond motifs is 2. The van der Waals surface area contributed by atoms with Crippen LogP contribution in [0.1, 0.15) is 61.6 Å². The molecule has 5 nitrogen and oxygen atoms in total. The molecule has 0 spiro atoms. The van der Waals surface area contributed by atoms with Crippen molar-refractivity contribution >= 4 is 27.8 Å². The maximum absolute atomic E-state index is 14.6. The Labute approximate surface area is 203 Å². The number of carboxylic acids is 1. The van der Waals surface area contributed by atoms with Crippen molar-refractivity contribution in [1.29, 1.82) is 0 Å². The molecule has 0 unspecified atom stereocenters. The van der Waals surface area contributed by atoms with E-state index in [1.165, 1.54) is 17.7 Å². The summed E-state index contributed by atoms with van der Waals surface area (Å²) in [6.07, 6.45) is 5.75. The Bertz CT molecular complexity index is 1550. The molecule has 0 saturated carbocycles. The number of H-pyrrole nitrogens is 3. The van der Waals surface area contributed by atoms with Crippen LogP contribution in [0.2, 0.25) is 0 Å². The third-order valence-electron chi connectivity index (χ3n) is 6.78. The molecule has 0 fully saturated rings. The highest BCUT2D eigenvalue weighted by atomic mass is 19.1. The minimum absolute atomic E-state index is 0.00470. The van der Waals surface area contributed by atoms with Crippen LogP contribution in [0.25, 0.3) is 44.2 Å². The zero-order valence-electron chi connectivity index (χ0n) is 20.4. The Morgan fingerprint density at radius 3 is 2.54 bits per heavy atom. The van der Waals surface area contributed by atoms with Gasteiger partial charge in [-0.2, -0.15) is 0 Å². The summed E-state index contributed by atoms with van der Waals surface area (Å²) >= 11 is 0. The van der Waals surface area contributed by atoms with Crippen molar-refractivity contribution in [1.82, 2.24) is 15.0 Å². The molecule has 0 bridgehead atoms. The molecule has 0 aliphatic rings. The van der Waals surface area contributed by atoms with E-state index in [9.17, 15) is 14.3 Å². The van der Waals surface area contributed by atoms with E-state index in [4.69, 9.17) is 0 Å². The molecule has 35 heavy (non-hydrogen) atoms. The van der Waals surface area contributed by atoms with E-state index in [2.05, 4.69) is 28.8 Å². The van der Waals surface area contributed by atoms with Crippen LogP contribution >= 0.6 is 0 Å². The fourth-order valence-corrected chi connectivity index (χ4v) is 5.19. The van der Waals surface area contributed by atoms with Gasteiger partial charge in [-0.15, -0.1) is 0 Å². The lowest BCUT2D eigenvalue weighted by atomic mass is 9.88. The van der Waals surface area contributed by atoms with Gasteiger partial charge in [-0.1, -0.05) is 39.8 Å². The number of aromatic amines is 3. The Balaban J connectivity index is 1.84. The molecule has 0 aliphatic heterocycles. The minimum Gasteiger partial charge on any atom is -0.477 e. The third-order valence-corrected chi connectivity index (χ3v) is 6.78. The second-order valence-electron chi connectivity index (χ2n) is 9.99. The highest BCUT2D eigenvalue weighted by molar-refractivity contribution is 6.07. The van der Waals surface area contributed by atoms with Crippen molar-refractivity contribution in [2.75, 3.05) is 0 Å². The number of halogens is 1. The number of aromatic carboxylic acids is 1. The van der Waals surface area contributed by atoms with E-state index in [1.54, 1.807) is 6.20 Å². The van der Waals surface area contributed by atoms with Gasteiger partial charge in [0.25, 0.3) is 0 Å². The minimum atomic E-state index is -1.04. The summed E-state index contributed by atoms with van der Waals surface area (Å²) < 4.78 is 14.6. The molecular weight excluding hydrogens is 441 g/mol. The lowest BCUT2D eigenvalue weighted by molar-refractivity contribution is 0.0692. The molecule has 2 aromatic carbocycles. The van der Waals surface area contributed by atoms with Crippen molar-refractivity contribution in [3.63, 3.8) is 0 Å².